The Morgan fingerprint density at radius 3 is 2.02 bits per heavy atom. The summed E-state index contributed by atoms with van der Waals surface area (Å²) in [5.41, 5.74) is 6.43. The van der Waals surface area contributed by atoms with Gasteiger partial charge in [0.05, 0.1) is 103 Å². The minimum atomic E-state index is -4.67. The third kappa shape index (κ3) is 13.7. The van der Waals surface area contributed by atoms with E-state index in [9.17, 15) is 35.8 Å². The molecular weight excluding hydrogens is 901 g/mol. The topological polar surface area (TPSA) is 179 Å². The highest BCUT2D eigenvalue weighted by atomic mass is 32.2. The van der Waals surface area contributed by atoms with Crippen LogP contribution in [0.4, 0.5) is 11.4 Å². The fourth-order valence-electron chi connectivity index (χ4n) is 8.95. The molecule has 2 aliphatic heterocycles. The number of nitrogens with zero attached hydrogens (tertiary/aromatic N) is 4. The van der Waals surface area contributed by atoms with Crippen LogP contribution in [0.3, 0.4) is 0 Å². The minimum Gasteiger partial charge on any atom is -0.744 e. The van der Waals surface area contributed by atoms with E-state index in [1.165, 1.54) is 24.3 Å². The molecular formula is C49H70N4O10S3. The van der Waals surface area contributed by atoms with Gasteiger partial charge in [0.25, 0.3) is 0 Å². The molecule has 1 aliphatic carbocycles. The number of benzene rings is 2. The van der Waals surface area contributed by atoms with Gasteiger partial charge in [-0.2, -0.15) is 4.58 Å². The van der Waals surface area contributed by atoms with Gasteiger partial charge in [0.2, 0.25) is 5.69 Å². The number of carboxylic acids is 1. The van der Waals surface area contributed by atoms with Gasteiger partial charge in [-0.3, -0.25) is 0 Å². The van der Waals surface area contributed by atoms with Crippen LogP contribution in [0.15, 0.2) is 92.2 Å². The summed E-state index contributed by atoms with van der Waals surface area (Å²) < 4.78 is 88.3. The molecule has 2 aromatic rings. The summed E-state index contributed by atoms with van der Waals surface area (Å²) in [7, 11) is 3.58. The summed E-state index contributed by atoms with van der Waals surface area (Å²) in [6.45, 7) is 12.6. The third-order valence-corrected chi connectivity index (χ3v) is 15.2. The van der Waals surface area contributed by atoms with E-state index in [1.54, 1.807) is 23.9 Å². The van der Waals surface area contributed by atoms with Crippen molar-refractivity contribution in [2.24, 2.45) is 0 Å². The first-order valence-corrected chi connectivity index (χ1v) is 26.5. The number of carbonyl (C=O) groups is 1. The van der Waals surface area contributed by atoms with Crippen LogP contribution in [0, 0.1) is 0 Å². The van der Waals surface area contributed by atoms with E-state index >= 15 is 0 Å². The van der Waals surface area contributed by atoms with Crippen LogP contribution in [-0.2, 0) is 45.3 Å². The van der Waals surface area contributed by atoms with Crippen LogP contribution in [-0.4, -0.2) is 152 Å². The summed E-state index contributed by atoms with van der Waals surface area (Å²) >= 11 is 1.71. The van der Waals surface area contributed by atoms with Crippen molar-refractivity contribution in [3.8, 4) is 0 Å². The molecule has 2 aromatic carbocycles. The fourth-order valence-corrected chi connectivity index (χ4v) is 11.1. The molecule has 66 heavy (non-hydrogen) atoms. The first-order valence-electron chi connectivity index (χ1n) is 22.7. The second-order valence-corrected chi connectivity index (χ2v) is 24.3. The van der Waals surface area contributed by atoms with Crippen LogP contribution in [0.5, 0.6) is 0 Å². The zero-order valence-corrected chi connectivity index (χ0v) is 42.9. The quantitative estimate of drug-likeness (QED) is 0.0586. The Balaban J connectivity index is 1.57. The number of hydrogen-bond donors (Lipinski definition) is 0. The van der Waals surface area contributed by atoms with Crippen LogP contribution in [0.1, 0.15) is 77.3 Å². The lowest BCUT2D eigenvalue weighted by atomic mass is 9.81. The Kier molecular flexibility index (Phi) is 17.2. The maximum Gasteiger partial charge on any atom is 0.209 e. The molecule has 3 aliphatic rings. The average Bonchev–Trinajstić information content (AvgIpc) is 3.54. The van der Waals surface area contributed by atoms with Crippen LogP contribution >= 0.6 is 11.8 Å². The standard InChI is InChI=1S/C49H70N4O10S3/c1-48(2)40-34-38(65(56,57)58)18-20-42(40)50(25-12-27-52(5,6)7)44(48)22-16-36-14-11-15-37(47(36)64-33-32-63-31-30-62-29-24-46(54)55)17-23-45-49(3,4)41-35-39(66(59,60)61)19-21-43(41)51(45)26-13-28-53(8,9)10/h16-23,34-35H,11-15,24-33H2,1-10H3. The van der Waals surface area contributed by atoms with Crippen molar-refractivity contribution in [2.75, 3.05) is 106 Å². The maximum absolute atomic E-state index is 12.2. The van der Waals surface area contributed by atoms with E-state index < -0.39 is 37.0 Å². The number of anilines is 1. The summed E-state index contributed by atoms with van der Waals surface area (Å²) in [6, 6.07) is 9.39. The Hall–Kier alpha value is -3.65. The van der Waals surface area contributed by atoms with Crippen LogP contribution in [0.25, 0.3) is 0 Å². The van der Waals surface area contributed by atoms with Crippen molar-refractivity contribution in [3.05, 3.63) is 93.6 Å². The number of rotatable bonds is 23. The highest BCUT2D eigenvalue weighted by Gasteiger charge is 2.45. The Labute approximate surface area is 398 Å². The van der Waals surface area contributed by atoms with Gasteiger partial charge in [0.15, 0.2) is 12.3 Å². The molecule has 0 aromatic heterocycles. The number of carbonyl (C=O) groups excluding carboxylic acids is 1. The predicted molar refractivity (Wildman–Crippen MR) is 257 cm³/mol. The summed E-state index contributed by atoms with van der Waals surface area (Å²) in [5, 5.41) is 10.7. The SMILES string of the molecule is CC1(C)C(/C=C/C2=C(SCCOCCOCCC(=O)[O-])C(=C/C=C3/N(CCC[N+](C)(C)C)c4ccc(S(=O)(=O)[O-])cc4C3(C)C)/CCC2)=[N+](CCC[N+](C)(C)C)c2ccc(S(=O)(=O)[O-])cc21. The summed E-state index contributed by atoms with van der Waals surface area (Å²) in [6.07, 6.45) is 12.8. The molecule has 14 nitrogen and oxygen atoms in total. The molecule has 0 radical (unpaired) electrons. The lowest BCUT2D eigenvalue weighted by Crippen LogP contribution is -2.37. The molecule has 0 amide bonds. The van der Waals surface area contributed by atoms with Crippen molar-refractivity contribution >= 4 is 55.1 Å². The second kappa shape index (κ2) is 21.3. The summed E-state index contributed by atoms with van der Waals surface area (Å²) in [5.74, 6) is -0.525. The first-order chi connectivity index (χ1) is 30.6. The normalized spacial score (nSPS) is 18.9. The maximum atomic E-state index is 12.2. The molecule has 0 atom stereocenters. The Morgan fingerprint density at radius 1 is 0.788 bits per heavy atom. The van der Waals surface area contributed by atoms with Crippen molar-refractivity contribution in [1.82, 2.24) is 0 Å². The molecule has 0 bridgehead atoms. The zero-order valence-electron chi connectivity index (χ0n) is 40.5. The number of allylic oxidation sites excluding steroid dienone is 7. The molecule has 0 N–H and O–H groups in total. The lowest BCUT2D eigenvalue weighted by Gasteiger charge is -2.29. The van der Waals surface area contributed by atoms with E-state index in [0.717, 1.165) is 104 Å². The Bertz CT molecular complexity index is 2510. The van der Waals surface area contributed by atoms with Crippen molar-refractivity contribution in [1.29, 1.82) is 0 Å². The monoisotopic (exact) mass is 970 g/mol. The summed E-state index contributed by atoms with van der Waals surface area (Å²) in [4.78, 5) is 13.6. The zero-order chi connectivity index (χ0) is 48.9. The highest BCUT2D eigenvalue weighted by molar-refractivity contribution is 8.03. The van der Waals surface area contributed by atoms with E-state index in [-0.39, 0.29) is 29.4 Å². The second-order valence-electron chi connectivity index (χ2n) is 20.4. The molecule has 0 unspecified atom stereocenters. The van der Waals surface area contributed by atoms with Gasteiger partial charge in [-0.25, -0.2) is 16.8 Å². The minimum absolute atomic E-state index is 0.0632. The third-order valence-electron chi connectivity index (χ3n) is 12.4. The van der Waals surface area contributed by atoms with Gasteiger partial charge < -0.3 is 42.3 Å². The molecule has 17 heteroatoms. The number of aliphatic carboxylic acids is 1. The molecule has 5 rings (SSSR count). The molecule has 0 saturated heterocycles. The van der Waals surface area contributed by atoms with Crippen LogP contribution in [0.2, 0.25) is 0 Å². The van der Waals surface area contributed by atoms with Crippen molar-refractivity contribution < 1.29 is 58.9 Å². The van der Waals surface area contributed by atoms with E-state index in [4.69, 9.17) is 9.47 Å². The largest absolute Gasteiger partial charge is 0.744 e. The highest BCUT2D eigenvalue weighted by Crippen LogP contribution is 2.49. The van der Waals surface area contributed by atoms with Gasteiger partial charge in [0.1, 0.15) is 20.2 Å². The van der Waals surface area contributed by atoms with Crippen LogP contribution < -0.4 is 10.0 Å². The van der Waals surface area contributed by atoms with E-state index in [2.05, 4.69) is 104 Å². The van der Waals surface area contributed by atoms with Gasteiger partial charge in [0, 0.05) is 70.5 Å². The van der Waals surface area contributed by atoms with Crippen molar-refractivity contribution in [3.63, 3.8) is 0 Å². The van der Waals surface area contributed by atoms with Gasteiger partial charge in [-0.15, -0.1) is 11.8 Å². The number of ether oxygens (including phenoxy) is 2. The Morgan fingerprint density at radius 2 is 1.39 bits per heavy atom. The average molecular weight is 971 g/mol. The van der Waals surface area contributed by atoms with E-state index in [0.29, 0.717) is 32.1 Å². The molecule has 0 fully saturated rings. The molecule has 2 heterocycles. The molecule has 364 valence electrons. The number of hydrogen-bond acceptors (Lipinski definition) is 12. The molecule has 0 saturated carbocycles. The number of quaternary nitrogens is 2. The van der Waals surface area contributed by atoms with Gasteiger partial charge in [-0.1, -0.05) is 26.0 Å². The number of thioether (sulfide) groups is 1. The predicted octanol–water partition coefficient (Wildman–Crippen LogP) is 5.57. The van der Waals surface area contributed by atoms with E-state index in [1.807, 2.05) is 0 Å². The van der Waals surface area contributed by atoms with Gasteiger partial charge in [-0.05, 0) is 86.2 Å². The fraction of sp³-hybridized carbons (Fsp3) is 0.551. The number of fused-ring (bicyclic) bond motifs is 2. The van der Waals surface area contributed by atoms with Gasteiger partial charge >= 0.3 is 0 Å². The first kappa shape index (κ1) is 53.3. The number of carboxylic acid groups (broad SMARTS) is 1. The van der Waals surface area contributed by atoms with Crippen molar-refractivity contribution in [2.45, 2.75) is 86.8 Å². The lowest BCUT2D eigenvalue weighted by molar-refractivity contribution is -0.871. The molecule has 0 spiro atoms. The smallest absolute Gasteiger partial charge is 0.209 e.